The molecule has 4 atom stereocenters. The average molecular weight is 267 g/mol. The summed E-state index contributed by atoms with van der Waals surface area (Å²) >= 11 is 0. The molecule has 2 aromatic rings. The lowest BCUT2D eigenvalue weighted by Crippen LogP contribution is -2.22. The Bertz CT molecular complexity index is 662. The minimum atomic E-state index is -0.920. The second-order valence-electron chi connectivity index (χ2n) is 4.51. The number of anilines is 1. The lowest BCUT2D eigenvalue weighted by atomic mass is 10.2. The Hall–Kier alpha value is -1.84. The van der Waals surface area contributed by atoms with Crippen LogP contribution in [0.1, 0.15) is 6.23 Å². The van der Waals surface area contributed by atoms with Gasteiger partial charge in [0.25, 0.3) is 0 Å². The fourth-order valence-corrected chi connectivity index (χ4v) is 2.47. The van der Waals surface area contributed by atoms with Crippen LogP contribution in [0.2, 0.25) is 0 Å². The molecule has 2 fully saturated rings. The van der Waals surface area contributed by atoms with E-state index in [1.165, 1.54) is 6.33 Å². The zero-order valence-electron chi connectivity index (χ0n) is 9.60. The third-order valence-corrected chi connectivity index (χ3v) is 3.40. The molecular formula is C10H10FN5O3. The molecule has 0 saturated carbocycles. The van der Waals surface area contributed by atoms with Crippen molar-refractivity contribution in [3.63, 3.8) is 0 Å². The molecule has 0 spiro atoms. The zero-order chi connectivity index (χ0) is 13.1. The van der Waals surface area contributed by atoms with Crippen molar-refractivity contribution in [2.45, 2.75) is 24.5 Å². The summed E-state index contributed by atoms with van der Waals surface area (Å²) in [5.74, 6) is -0.0220. The van der Waals surface area contributed by atoms with Crippen LogP contribution in [0, 0.1) is 6.08 Å². The normalized spacial score (nSPS) is 32.7. The quantitative estimate of drug-likeness (QED) is 0.541. The molecule has 2 aliphatic rings. The number of fused-ring (bicyclic) bond motifs is 2. The second kappa shape index (κ2) is 3.59. The minimum Gasteiger partial charge on any atom is -0.394 e. The first-order chi connectivity index (χ1) is 9.19. The Morgan fingerprint density at radius 3 is 2.95 bits per heavy atom. The summed E-state index contributed by atoms with van der Waals surface area (Å²) in [6.45, 7) is -0.129. The molecular weight excluding hydrogens is 257 g/mol. The minimum absolute atomic E-state index is 0.0220. The number of hydrogen-bond donors (Lipinski definition) is 2. The number of nitrogens with two attached hydrogens (primary N) is 1. The Balaban J connectivity index is 1.80. The molecule has 3 N–H and O–H groups in total. The van der Waals surface area contributed by atoms with Crippen LogP contribution in [0.3, 0.4) is 0 Å². The number of hydrogen-bond acceptors (Lipinski definition) is 7. The Kier molecular flexibility index (Phi) is 2.08. The second-order valence-corrected chi connectivity index (χ2v) is 4.51. The van der Waals surface area contributed by atoms with E-state index in [0.29, 0.717) is 5.52 Å². The summed E-state index contributed by atoms with van der Waals surface area (Å²) in [6, 6.07) is 0. The summed E-state index contributed by atoms with van der Waals surface area (Å²) < 4.78 is 25.8. The highest BCUT2D eigenvalue weighted by Crippen LogP contribution is 2.45. The zero-order valence-corrected chi connectivity index (χ0v) is 9.60. The van der Waals surface area contributed by atoms with E-state index in [9.17, 15) is 4.39 Å². The lowest BCUT2D eigenvalue weighted by molar-refractivity contribution is -0.0823. The maximum Gasteiger partial charge on any atom is 0.312 e. The van der Waals surface area contributed by atoms with Crippen LogP contribution < -0.4 is 5.73 Å². The number of halogens is 1. The van der Waals surface area contributed by atoms with E-state index in [2.05, 4.69) is 15.0 Å². The number of rotatable bonds is 2. The summed E-state index contributed by atoms with van der Waals surface area (Å²) in [7, 11) is 0. The smallest absolute Gasteiger partial charge is 0.312 e. The van der Waals surface area contributed by atoms with Gasteiger partial charge in [0.15, 0.2) is 23.2 Å². The first-order valence-corrected chi connectivity index (χ1v) is 5.76. The molecule has 9 heteroatoms. The van der Waals surface area contributed by atoms with E-state index in [-0.39, 0.29) is 36.4 Å². The highest BCUT2D eigenvalue weighted by Gasteiger charge is 2.58. The average Bonchev–Trinajstić information content (AvgIpc) is 2.91. The third-order valence-electron chi connectivity index (χ3n) is 3.40. The molecule has 0 aromatic carbocycles. The van der Waals surface area contributed by atoms with Gasteiger partial charge in [-0.25, -0.2) is 4.98 Å². The summed E-state index contributed by atoms with van der Waals surface area (Å²) in [6.07, 6.45) is -0.627. The van der Waals surface area contributed by atoms with Gasteiger partial charge in [-0.2, -0.15) is 14.4 Å². The molecule has 2 aliphatic heterocycles. The standard InChI is InChI=1S/C10H10FN5O3/c11-10-14-7(12)4-8(15-10)16(2-13-4)9-6-5(19-6)3(1-17)18-9/h2-3,5-6,9,17H,1H2,(H2,12,14,15)/t3-,5-,6-,9-/m1/s1. The number of aliphatic hydroxyl groups is 1. The molecule has 100 valence electrons. The fraction of sp³-hybridized carbons (Fsp3) is 0.500. The highest BCUT2D eigenvalue weighted by atomic mass is 19.1. The van der Waals surface area contributed by atoms with Crippen molar-refractivity contribution in [1.82, 2.24) is 19.5 Å². The van der Waals surface area contributed by atoms with Crippen LogP contribution in [0.5, 0.6) is 0 Å². The molecule has 8 nitrogen and oxygen atoms in total. The first kappa shape index (κ1) is 11.0. The van der Waals surface area contributed by atoms with Crippen LogP contribution in [-0.4, -0.2) is 49.5 Å². The van der Waals surface area contributed by atoms with Crippen LogP contribution in [0.4, 0.5) is 10.2 Å². The van der Waals surface area contributed by atoms with Gasteiger partial charge in [-0.1, -0.05) is 0 Å². The van der Waals surface area contributed by atoms with Gasteiger partial charge in [-0.3, -0.25) is 4.57 Å². The summed E-state index contributed by atoms with van der Waals surface area (Å²) in [4.78, 5) is 11.2. The van der Waals surface area contributed by atoms with Crippen LogP contribution >= 0.6 is 0 Å². The fourth-order valence-electron chi connectivity index (χ4n) is 2.47. The third kappa shape index (κ3) is 1.46. The van der Waals surface area contributed by atoms with Gasteiger partial charge in [0.05, 0.1) is 12.9 Å². The number of ether oxygens (including phenoxy) is 2. The number of nitrogens with zero attached hydrogens (tertiary/aromatic N) is 4. The van der Waals surface area contributed by atoms with E-state index in [1.54, 1.807) is 4.57 Å². The van der Waals surface area contributed by atoms with Crippen molar-refractivity contribution in [3.05, 3.63) is 12.4 Å². The van der Waals surface area contributed by atoms with E-state index < -0.39 is 12.3 Å². The molecule has 0 amide bonds. The van der Waals surface area contributed by atoms with Crippen LogP contribution in [-0.2, 0) is 9.47 Å². The van der Waals surface area contributed by atoms with E-state index in [4.69, 9.17) is 20.3 Å². The van der Waals surface area contributed by atoms with Crippen molar-refractivity contribution in [2.24, 2.45) is 0 Å². The van der Waals surface area contributed by atoms with Crippen LogP contribution in [0.25, 0.3) is 11.2 Å². The van der Waals surface area contributed by atoms with Gasteiger partial charge in [0, 0.05) is 0 Å². The highest BCUT2D eigenvalue weighted by molar-refractivity contribution is 5.81. The first-order valence-electron chi connectivity index (χ1n) is 5.76. The maximum atomic E-state index is 13.2. The SMILES string of the molecule is Nc1nc(F)nc2c1ncn2[C@@H]1O[C@H](CO)[C@H]2O[C@H]21. The molecule has 2 aromatic heterocycles. The number of aromatic nitrogens is 4. The van der Waals surface area contributed by atoms with Gasteiger partial charge in [-0.05, 0) is 0 Å². The largest absolute Gasteiger partial charge is 0.394 e. The number of epoxide rings is 1. The predicted molar refractivity (Wildman–Crippen MR) is 59.4 cm³/mol. The molecule has 4 rings (SSSR count). The van der Waals surface area contributed by atoms with Crippen molar-refractivity contribution in [2.75, 3.05) is 12.3 Å². The maximum absolute atomic E-state index is 13.2. The van der Waals surface area contributed by atoms with Gasteiger partial charge < -0.3 is 20.3 Å². The Morgan fingerprint density at radius 1 is 1.37 bits per heavy atom. The summed E-state index contributed by atoms with van der Waals surface area (Å²) in [5, 5.41) is 9.14. The Morgan fingerprint density at radius 2 is 2.21 bits per heavy atom. The number of aliphatic hydroxyl groups excluding tert-OH is 1. The Labute approximate surface area is 106 Å². The van der Waals surface area contributed by atoms with Crippen molar-refractivity contribution in [1.29, 1.82) is 0 Å². The van der Waals surface area contributed by atoms with Crippen LogP contribution in [0.15, 0.2) is 6.33 Å². The summed E-state index contributed by atoms with van der Waals surface area (Å²) in [5.41, 5.74) is 6.16. The molecule has 0 aliphatic carbocycles. The van der Waals surface area contributed by atoms with Gasteiger partial charge in [-0.15, -0.1) is 0 Å². The van der Waals surface area contributed by atoms with Gasteiger partial charge in [0.2, 0.25) is 0 Å². The predicted octanol–water partition coefficient (Wildman–Crippen LogP) is -0.795. The molecule has 2 saturated heterocycles. The monoisotopic (exact) mass is 267 g/mol. The number of nitrogen functional groups attached to an aromatic ring is 1. The van der Waals surface area contributed by atoms with E-state index in [1.807, 2.05) is 0 Å². The molecule has 0 radical (unpaired) electrons. The molecule has 0 unspecified atom stereocenters. The molecule has 0 bridgehead atoms. The van der Waals surface area contributed by atoms with Gasteiger partial charge in [0.1, 0.15) is 18.3 Å². The van der Waals surface area contributed by atoms with Crippen molar-refractivity contribution < 1.29 is 19.0 Å². The topological polar surface area (TPSA) is 112 Å². The number of imidazole rings is 1. The van der Waals surface area contributed by atoms with Crippen molar-refractivity contribution >= 4 is 17.0 Å². The molecule has 19 heavy (non-hydrogen) atoms. The lowest BCUT2D eigenvalue weighted by Gasteiger charge is -2.17. The van der Waals surface area contributed by atoms with E-state index in [0.717, 1.165) is 0 Å². The molecule has 4 heterocycles. The van der Waals surface area contributed by atoms with Gasteiger partial charge >= 0.3 is 6.08 Å². The van der Waals surface area contributed by atoms with E-state index >= 15 is 0 Å². The van der Waals surface area contributed by atoms with Crippen molar-refractivity contribution in [3.8, 4) is 0 Å².